The van der Waals surface area contributed by atoms with Gasteiger partial charge in [0.1, 0.15) is 10.6 Å². The Morgan fingerprint density at radius 3 is 2.15 bits per heavy atom. The third-order valence-corrected chi connectivity index (χ3v) is 8.62. The van der Waals surface area contributed by atoms with Gasteiger partial charge in [-0.15, -0.1) is 0 Å². The first kappa shape index (κ1) is 26.2. The van der Waals surface area contributed by atoms with Gasteiger partial charge in [-0.05, 0) is 58.0 Å². The van der Waals surface area contributed by atoms with Crippen molar-refractivity contribution in [3.8, 4) is 0 Å². The fourth-order valence-electron chi connectivity index (χ4n) is 4.08. The summed E-state index contributed by atoms with van der Waals surface area (Å²) in [4.78, 5) is 4.13. The number of aromatic nitrogens is 2. The molecule has 0 atom stereocenters. The molecule has 184 valence electrons. The maximum atomic E-state index is 14.1. The van der Waals surface area contributed by atoms with E-state index in [0.29, 0.717) is 6.42 Å². The SMILES string of the molecule is Cc1nn(C)c(C)c1N(C(F)F)S(=O)(=O)c1c(Cl)cc(CCCN2CCN(C)CC2)cc1Cl. The van der Waals surface area contributed by atoms with Crippen molar-refractivity contribution in [2.75, 3.05) is 44.1 Å². The minimum absolute atomic E-state index is 0.0464. The molecule has 0 saturated carbocycles. The van der Waals surface area contributed by atoms with Crippen LogP contribution in [0.2, 0.25) is 10.0 Å². The molecule has 7 nitrogen and oxygen atoms in total. The first-order valence-corrected chi connectivity index (χ1v) is 12.8. The second kappa shape index (κ2) is 10.4. The molecule has 0 bridgehead atoms. The maximum Gasteiger partial charge on any atom is 0.328 e. The van der Waals surface area contributed by atoms with Gasteiger partial charge in [-0.3, -0.25) is 4.68 Å². The minimum atomic E-state index is -4.75. The van der Waals surface area contributed by atoms with Gasteiger partial charge in [0.25, 0.3) is 10.0 Å². The normalized spacial score (nSPS) is 16.0. The summed E-state index contributed by atoms with van der Waals surface area (Å²) < 4.78 is 56.2. The van der Waals surface area contributed by atoms with Crippen LogP contribution in [0.4, 0.5) is 14.5 Å². The average molecular weight is 524 g/mol. The van der Waals surface area contributed by atoms with E-state index < -0.39 is 21.5 Å². The molecular formula is C21H29Cl2F2N5O2S. The summed E-state index contributed by atoms with van der Waals surface area (Å²) in [6.45, 7) is 4.63. The van der Waals surface area contributed by atoms with Crippen LogP contribution in [0.3, 0.4) is 0 Å². The van der Waals surface area contributed by atoms with Crippen LogP contribution in [0.5, 0.6) is 0 Å². The summed E-state index contributed by atoms with van der Waals surface area (Å²) in [6.07, 6.45) is 1.49. The Bertz CT molecular complexity index is 1080. The number of anilines is 1. The molecule has 1 aliphatic heterocycles. The Balaban J connectivity index is 1.84. The number of benzene rings is 1. The van der Waals surface area contributed by atoms with E-state index in [2.05, 4.69) is 21.9 Å². The second-order valence-electron chi connectivity index (χ2n) is 8.36. The molecule has 1 saturated heterocycles. The first-order valence-electron chi connectivity index (χ1n) is 10.6. The van der Waals surface area contributed by atoms with Crippen molar-refractivity contribution in [2.45, 2.75) is 38.1 Å². The number of nitrogens with zero attached hydrogens (tertiary/aromatic N) is 5. The number of aryl methyl sites for hydroxylation is 3. The van der Waals surface area contributed by atoms with E-state index >= 15 is 0 Å². The van der Waals surface area contributed by atoms with Crippen LogP contribution in [0.25, 0.3) is 0 Å². The van der Waals surface area contributed by atoms with Gasteiger partial charge in [0.05, 0.1) is 21.4 Å². The Hall–Kier alpha value is -1.46. The van der Waals surface area contributed by atoms with Crippen LogP contribution in [0.15, 0.2) is 17.0 Å². The highest BCUT2D eigenvalue weighted by atomic mass is 35.5. The first-order chi connectivity index (χ1) is 15.4. The number of sulfonamides is 1. The fourth-order valence-corrected chi connectivity index (χ4v) is 6.72. The molecule has 0 amide bonds. The monoisotopic (exact) mass is 523 g/mol. The van der Waals surface area contributed by atoms with Crippen molar-refractivity contribution in [2.24, 2.45) is 7.05 Å². The van der Waals surface area contributed by atoms with E-state index in [1.165, 1.54) is 30.7 Å². The second-order valence-corrected chi connectivity index (χ2v) is 10.9. The largest absolute Gasteiger partial charge is 0.328 e. The molecule has 1 aromatic heterocycles. The van der Waals surface area contributed by atoms with Gasteiger partial charge in [0.15, 0.2) is 0 Å². The van der Waals surface area contributed by atoms with E-state index in [0.717, 1.165) is 44.7 Å². The zero-order chi connectivity index (χ0) is 24.5. The predicted octanol–water partition coefficient (Wildman–Crippen LogP) is 3.94. The zero-order valence-corrected chi connectivity index (χ0v) is 21.5. The molecule has 2 aromatic rings. The van der Waals surface area contributed by atoms with Gasteiger partial charge >= 0.3 is 6.55 Å². The molecule has 2 heterocycles. The Kier molecular flexibility index (Phi) is 8.27. The van der Waals surface area contributed by atoms with E-state index in [-0.39, 0.29) is 31.4 Å². The number of hydrogen-bond acceptors (Lipinski definition) is 5. The zero-order valence-electron chi connectivity index (χ0n) is 19.2. The van der Waals surface area contributed by atoms with Gasteiger partial charge in [-0.1, -0.05) is 23.2 Å². The highest BCUT2D eigenvalue weighted by molar-refractivity contribution is 7.93. The van der Waals surface area contributed by atoms with Gasteiger partial charge in [-0.25, -0.2) is 12.7 Å². The lowest BCUT2D eigenvalue weighted by molar-refractivity contribution is 0.153. The van der Waals surface area contributed by atoms with Gasteiger partial charge in [0, 0.05) is 33.2 Å². The van der Waals surface area contributed by atoms with Crippen LogP contribution in [-0.4, -0.2) is 74.3 Å². The van der Waals surface area contributed by atoms with E-state index in [9.17, 15) is 17.2 Å². The Labute approximate surface area is 203 Å². The third-order valence-electron chi connectivity index (χ3n) is 5.98. The predicted molar refractivity (Wildman–Crippen MR) is 127 cm³/mol. The maximum absolute atomic E-state index is 14.1. The number of piperazine rings is 1. The summed E-state index contributed by atoms with van der Waals surface area (Å²) in [5.74, 6) is 0. The molecule has 1 aliphatic rings. The molecule has 12 heteroatoms. The molecule has 3 rings (SSSR count). The molecule has 1 fully saturated rings. The van der Waals surface area contributed by atoms with Crippen LogP contribution in [0.1, 0.15) is 23.4 Å². The lowest BCUT2D eigenvalue weighted by atomic mass is 10.1. The van der Waals surface area contributed by atoms with Gasteiger partial charge in [-0.2, -0.15) is 13.9 Å². The quantitative estimate of drug-likeness (QED) is 0.490. The molecule has 0 aliphatic carbocycles. The summed E-state index contributed by atoms with van der Waals surface area (Å²) in [6, 6.07) is 2.99. The molecular weight excluding hydrogens is 495 g/mol. The number of hydrogen-bond donors (Lipinski definition) is 0. The highest BCUT2D eigenvalue weighted by Gasteiger charge is 2.38. The number of likely N-dealkylation sites (N-methyl/N-ethyl adjacent to an activating group) is 1. The third kappa shape index (κ3) is 5.62. The molecule has 1 aromatic carbocycles. The van der Waals surface area contributed by atoms with Gasteiger partial charge < -0.3 is 9.80 Å². The molecule has 33 heavy (non-hydrogen) atoms. The average Bonchev–Trinajstić information content (AvgIpc) is 2.95. The molecule has 0 spiro atoms. The number of rotatable bonds is 8. The van der Waals surface area contributed by atoms with Crippen molar-refractivity contribution >= 4 is 38.9 Å². The van der Waals surface area contributed by atoms with Crippen molar-refractivity contribution in [3.05, 3.63) is 39.1 Å². The molecule has 0 N–H and O–H groups in total. The topological polar surface area (TPSA) is 61.7 Å². The van der Waals surface area contributed by atoms with E-state index in [1.807, 2.05) is 0 Å². The molecule has 0 radical (unpaired) electrons. The summed E-state index contributed by atoms with van der Waals surface area (Å²) in [7, 11) is -1.10. The summed E-state index contributed by atoms with van der Waals surface area (Å²) in [5, 5.41) is 3.70. The van der Waals surface area contributed by atoms with Crippen molar-refractivity contribution < 1.29 is 17.2 Å². The highest BCUT2D eigenvalue weighted by Crippen LogP contribution is 2.38. The van der Waals surface area contributed by atoms with E-state index in [1.54, 1.807) is 7.05 Å². The van der Waals surface area contributed by atoms with Crippen molar-refractivity contribution in [1.82, 2.24) is 19.6 Å². The van der Waals surface area contributed by atoms with Gasteiger partial charge in [0.2, 0.25) is 0 Å². The Morgan fingerprint density at radius 2 is 1.67 bits per heavy atom. The standard InChI is InChI=1S/C21H29Cl2F2N5O2S/c1-14-19(15(2)28(4)26-14)30(21(24)25)33(31,32)20-17(22)12-16(13-18(20)23)6-5-7-29-10-8-27(3)9-11-29/h12-13,21H,5-11H2,1-4H3. The van der Waals surface area contributed by atoms with Crippen LogP contribution in [-0.2, 0) is 23.5 Å². The Morgan fingerprint density at radius 1 is 1.09 bits per heavy atom. The van der Waals surface area contributed by atoms with Crippen LogP contribution in [0, 0.1) is 13.8 Å². The van der Waals surface area contributed by atoms with Crippen molar-refractivity contribution in [1.29, 1.82) is 0 Å². The van der Waals surface area contributed by atoms with Crippen LogP contribution < -0.4 is 4.31 Å². The summed E-state index contributed by atoms with van der Waals surface area (Å²) in [5.41, 5.74) is 1.02. The number of alkyl halides is 2. The van der Waals surface area contributed by atoms with Crippen LogP contribution >= 0.6 is 23.2 Å². The molecule has 0 unspecified atom stereocenters. The lowest BCUT2D eigenvalue weighted by Gasteiger charge is -2.32. The van der Waals surface area contributed by atoms with Crippen molar-refractivity contribution in [3.63, 3.8) is 0 Å². The number of halogens is 4. The smallest absolute Gasteiger partial charge is 0.304 e. The minimum Gasteiger partial charge on any atom is -0.304 e. The summed E-state index contributed by atoms with van der Waals surface area (Å²) >= 11 is 12.6. The fraction of sp³-hybridized carbons (Fsp3) is 0.571. The lowest BCUT2D eigenvalue weighted by Crippen LogP contribution is -2.44. The van der Waals surface area contributed by atoms with E-state index in [4.69, 9.17) is 23.2 Å².